The van der Waals surface area contributed by atoms with Crippen LogP contribution in [0.4, 0.5) is 0 Å². The maximum absolute atomic E-state index is 2.48. The van der Waals surface area contributed by atoms with E-state index in [4.69, 9.17) is 0 Å². The van der Waals surface area contributed by atoms with E-state index in [0.29, 0.717) is 5.41 Å². The van der Waals surface area contributed by atoms with Gasteiger partial charge in [-0.2, -0.15) is 0 Å². The highest BCUT2D eigenvalue weighted by Crippen LogP contribution is 2.80. The van der Waals surface area contributed by atoms with Crippen LogP contribution in [0, 0.1) is 28.6 Å². The van der Waals surface area contributed by atoms with Gasteiger partial charge in [0.1, 0.15) is 0 Å². The molecule has 0 amide bonds. The SMILES string of the molecule is CCC12CC(C)C(C)C1C2(C)C. The maximum Gasteiger partial charge on any atom is -0.0207 e. The van der Waals surface area contributed by atoms with Gasteiger partial charge >= 0.3 is 0 Å². The summed E-state index contributed by atoms with van der Waals surface area (Å²) in [4.78, 5) is 0. The van der Waals surface area contributed by atoms with Crippen molar-refractivity contribution in [3.63, 3.8) is 0 Å². The van der Waals surface area contributed by atoms with Gasteiger partial charge in [0.15, 0.2) is 0 Å². The molecule has 0 saturated heterocycles. The van der Waals surface area contributed by atoms with Crippen molar-refractivity contribution in [3.8, 4) is 0 Å². The van der Waals surface area contributed by atoms with Crippen molar-refractivity contribution >= 4 is 0 Å². The normalized spacial score (nSPS) is 55.2. The van der Waals surface area contributed by atoms with E-state index in [0.717, 1.165) is 23.2 Å². The molecule has 0 aliphatic heterocycles. The van der Waals surface area contributed by atoms with E-state index in [9.17, 15) is 0 Å². The van der Waals surface area contributed by atoms with Crippen LogP contribution < -0.4 is 0 Å². The standard InChI is InChI=1S/C12H22/c1-6-12-7-8(2)9(3)10(12)11(12,4)5/h8-10H,6-7H2,1-5H3. The quantitative estimate of drug-likeness (QED) is 0.557. The van der Waals surface area contributed by atoms with Crippen LogP contribution in [0.2, 0.25) is 0 Å². The molecule has 0 nitrogen and oxygen atoms in total. The largest absolute Gasteiger partial charge is 0.0648 e. The molecule has 4 unspecified atom stereocenters. The molecule has 2 rings (SSSR count). The van der Waals surface area contributed by atoms with E-state index >= 15 is 0 Å². The molecule has 0 radical (unpaired) electrons. The second kappa shape index (κ2) is 2.08. The molecule has 2 aliphatic carbocycles. The Morgan fingerprint density at radius 2 is 1.83 bits per heavy atom. The Balaban J connectivity index is 2.26. The second-order valence-electron chi connectivity index (χ2n) is 5.75. The fourth-order valence-electron chi connectivity index (χ4n) is 4.45. The van der Waals surface area contributed by atoms with Crippen LogP contribution in [0.3, 0.4) is 0 Å². The summed E-state index contributed by atoms with van der Waals surface area (Å²) in [7, 11) is 0. The molecule has 0 aromatic carbocycles. The molecule has 0 spiro atoms. The van der Waals surface area contributed by atoms with Crippen LogP contribution in [-0.2, 0) is 0 Å². The number of hydrogen-bond donors (Lipinski definition) is 0. The molecule has 0 bridgehead atoms. The summed E-state index contributed by atoms with van der Waals surface area (Å²) in [5.74, 6) is 2.98. The first-order valence-electron chi connectivity index (χ1n) is 5.47. The zero-order valence-electron chi connectivity index (χ0n) is 9.15. The number of fused-ring (bicyclic) bond motifs is 1. The smallest absolute Gasteiger partial charge is 0.0207 e. The van der Waals surface area contributed by atoms with Crippen molar-refractivity contribution in [2.45, 2.75) is 47.5 Å². The third-order valence-corrected chi connectivity index (χ3v) is 5.31. The first-order chi connectivity index (χ1) is 5.47. The highest BCUT2D eigenvalue weighted by Gasteiger charge is 2.74. The molecule has 0 aromatic rings. The van der Waals surface area contributed by atoms with Gasteiger partial charge < -0.3 is 0 Å². The van der Waals surface area contributed by atoms with E-state index in [-0.39, 0.29) is 0 Å². The van der Waals surface area contributed by atoms with Crippen molar-refractivity contribution < 1.29 is 0 Å². The Bertz CT molecular complexity index is 204. The van der Waals surface area contributed by atoms with Crippen LogP contribution in [0.25, 0.3) is 0 Å². The van der Waals surface area contributed by atoms with Crippen LogP contribution in [0.5, 0.6) is 0 Å². The maximum atomic E-state index is 2.48. The molecule has 2 saturated carbocycles. The molecular formula is C12H22. The van der Waals surface area contributed by atoms with E-state index in [1.54, 1.807) is 0 Å². The lowest BCUT2D eigenvalue weighted by Gasteiger charge is -2.23. The van der Waals surface area contributed by atoms with Gasteiger partial charge in [0, 0.05) is 0 Å². The molecule has 0 aromatic heterocycles. The monoisotopic (exact) mass is 166 g/mol. The summed E-state index contributed by atoms with van der Waals surface area (Å²) in [6.45, 7) is 12.2. The predicted molar refractivity (Wildman–Crippen MR) is 52.9 cm³/mol. The van der Waals surface area contributed by atoms with Crippen molar-refractivity contribution in [2.24, 2.45) is 28.6 Å². The van der Waals surface area contributed by atoms with Crippen LogP contribution in [-0.4, -0.2) is 0 Å². The minimum absolute atomic E-state index is 0.660. The van der Waals surface area contributed by atoms with Crippen molar-refractivity contribution in [3.05, 3.63) is 0 Å². The van der Waals surface area contributed by atoms with Gasteiger partial charge in [-0.3, -0.25) is 0 Å². The minimum atomic E-state index is 0.660. The summed E-state index contributed by atoms with van der Waals surface area (Å²) in [6, 6.07) is 0. The molecule has 0 heterocycles. The van der Waals surface area contributed by atoms with Crippen LogP contribution in [0.15, 0.2) is 0 Å². The second-order valence-corrected chi connectivity index (χ2v) is 5.75. The first-order valence-corrected chi connectivity index (χ1v) is 5.47. The zero-order valence-corrected chi connectivity index (χ0v) is 9.15. The van der Waals surface area contributed by atoms with E-state index in [1.165, 1.54) is 12.8 Å². The van der Waals surface area contributed by atoms with Gasteiger partial charge in [-0.25, -0.2) is 0 Å². The predicted octanol–water partition coefficient (Wildman–Crippen LogP) is 3.71. The molecule has 0 N–H and O–H groups in total. The van der Waals surface area contributed by atoms with Crippen LogP contribution >= 0.6 is 0 Å². The minimum Gasteiger partial charge on any atom is -0.0648 e. The Hall–Kier alpha value is 0. The van der Waals surface area contributed by atoms with Crippen molar-refractivity contribution in [2.75, 3.05) is 0 Å². The Labute approximate surface area is 76.7 Å². The summed E-state index contributed by atoms with van der Waals surface area (Å²) in [5, 5.41) is 0. The highest BCUT2D eigenvalue weighted by atomic mass is 14.8. The summed E-state index contributed by atoms with van der Waals surface area (Å²) in [6.07, 6.45) is 2.89. The van der Waals surface area contributed by atoms with Crippen molar-refractivity contribution in [1.29, 1.82) is 0 Å². The Morgan fingerprint density at radius 1 is 1.25 bits per heavy atom. The first kappa shape index (κ1) is 8.59. The summed E-state index contributed by atoms with van der Waals surface area (Å²) < 4.78 is 0. The molecule has 2 aliphatic rings. The van der Waals surface area contributed by atoms with E-state index in [1.807, 2.05) is 0 Å². The lowest BCUT2D eigenvalue weighted by molar-refractivity contribution is 0.268. The fourth-order valence-corrected chi connectivity index (χ4v) is 4.45. The zero-order chi connectivity index (χ0) is 9.15. The Morgan fingerprint density at radius 3 is 2.17 bits per heavy atom. The topological polar surface area (TPSA) is 0 Å². The average Bonchev–Trinajstić information content (AvgIpc) is 2.29. The summed E-state index contributed by atoms with van der Waals surface area (Å²) >= 11 is 0. The lowest BCUT2D eigenvalue weighted by atomic mass is 9.82. The van der Waals surface area contributed by atoms with Gasteiger partial charge in [-0.05, 0) is 41.4 Å². The fraction of sp³-hybridized carbons (Fsp3) is 1.00. The van der Waals surface area contributed by atoms with Gasteiger partial charge in [-0.1, -0.05) is 34.6 Å². The molecular weight excluding hydrogens is 144 g/mol. The van der Waals surface area contributed by atoms with Gasteiger partial charge in [0.2, 0.25) is 0 Å². The lowest BCUT2D eigenvalue weighted by Crippen LogP contribution is -2.14. The van der Waals surface area contributed by atoms with Gasteiger partial charge in [0.05, 0.1) is 0 Å². The number of hydrogen-bond acceptors (Lipinski definition) is 0. The van der Waals surface area contributed by atoms with Gasteiger partial charge in [0.25, 0.3) is 0 Å². The van der Waals surface area contributed by atoms with E-state index < -0.39 is 0 Å². The molecule has 0 heteroatoms. The molecule has 70 valence electrons. The Kier molecular flexibility index (Phi) is 1.49. The third kappa shape index (κ3) is 0.661. The molecule has 2 fully saturated rings. The van der Waals surface area contributed by atoms with Gasteiger partial charge in [-0.15, -0.1) is 0 Å². The summed E-state index contributed by atoms with van der Waals surface area (Å²) in [5.41, 5.74) is 1.40. The van der Waals surface area contributed by atoms with Crippen LogP contribution in [0.1, 0.15) is 47.5 Å². The molecule has 12 heavy (non-hydrogen) atoms. The third-order valence-electron chi connectivity index (χ3n) is 5.31. The van der Waals surface area contributed by atoms with E-state index in [2.05, 4.69) is 34.6 Å². The average molecular weight is 166 g/mol. The molecule has 4 atom stereocenters. The number of rotatable bonds is 1. The van der Waals surface area contributed by atoms with Crippen molar-refractivity contribution in [1.82, 2.24) is 0 Å². The highest BCUT2D eigenvalue weighted by molar-refractivity contribution is 5.22.